The molecule has 1 aromatic carbocycles. The molecule has 2 rings (SSSR count). The van der Waals surface area contributed by atoms with Crippen LogP contribution in [0, 0.1) is 13.8 Å². The Morgan fingerprint density at radius 2 is 1.79 bits per heavy atom. The van der Waals surface area contributed by atoms with Crippen molar-refractivity contribution in [3.05, 3.63) is 41.1 Å². The van der Waals surface area contributed by atoms with Crippen LogP contribution in [0.25, 0.3) is 11.4 Å². The van der Waals surface area contributed by atoms with Crippen LogP contribution in [0.2, 0.25) is 0 Å². The van der Waals surface area contributed by atoms with Crippen molar-refractivity contribution in [1.29, 1.82) is 0 Å². The molecule has 100 valence electrons. The Hall–Kier alpha value is -1.94. The Bertz CT molecular complexity index is 564. The Kier molecular flexibility index (Phi) is 4.12. The van der Waals surface area contributed by atoms with E-state index in [1.807, 2.05) is 45.2 Å². The van der Waals surface area contributed by atoms with Gasteiger partial charge in [-0.25, -0.2) is 9.97 Å². The van der Waals surface area contributed by atoms with E-state index in [0.717, 1.165) is 34.0 Å². The van der Waals surface area contributed by atoms with Crippen LogP contribution in [0.4, 0.5) is 5.82 Å². The first kappa shape index (κ1) is 13.5. The Balaban J connectivity index is 2.38. The quantitative estimate of drug-likeness (QED) is 0.914. The molecule has 19 heavy (non-hydrogen) atoms. The number of benzene rings is 1. The largest absolute Gasteiger partial charge is 0.380 e. The number of aromatic nitrogens is 2. The van der Waals surface area contributed by atoms with Gasteiger partial charge in [-0.15, -0.1) is 0 Å². The van der Waals surface area contributed by atoms with E-state index in [2.05, 4.69) is 15.3 Å². The van der Waals surface area contributed by atoms with Crippen LogP contribution in [0.1, 0.15) is 16.8 Å². The van der Waals surface area contributed by atoms with Crippen molar-refractivity contribution in [2.75, 3.05) is 19.5 Å². The summed E-state index contributed by atoms with van der Waals surface area (Å²) in [4.78, 5) is 9.09. The van der Waals surface area contributed by atoms with Crippen LogP contribution >= 0.6 is 0 Å². The van der Waals surface area contributed by atoms with Crippen molar-refractivity contribution < 1.29 is 4.74 Å². The molecule has 1 aromatic heterocycles. The SMILES string of the molecule is CNc1nc(-c2ccc(COC)cc2)nc(C)c1C. The van der Waals surface area contributed by atoms with Gasteiger partial charge in [-0.2, -0.15) is 0 Å². The molecule has 0 fully saturated rings. The van der Waals surface area contributed by atoms with Crippen LogP contribution in [-0.2, 0) is 11.3 Å². The maximum Gasteiger partial charge on any atom is 0.161 e. The zero-order chi connectivity index (χ0) is 13.8. The summed E-state index contributed by atoms with van der Waals surface area (Å²) in [5, 5.41) is 3.11. The molecular formula is C15H19N3O. The average Bonchev–Trinajstić information content (AvgIpc) is 2.43. The van der Waals surface area contributed by atoms with Crippen LogP contribution in [0.5, 0.6) is 0 Å². The first-order valence-corrected chi connectivity index (χ1v) is 6.27. The zero-order valence-corrected chi connectivity index (χ0v) is 11.8. The third kappa shape index (κ3) is 2.90. The highest BCUT2D eigenvalue weighted by Crippen LogP contribution is 2.21. The minimum atomic E-state index is 0.621. The smallest absolute Gasteiger partial charge is 0.161 e. The van der Waals surface area contributed by atoms with Gasteiger partial charge >= 0.3 is 0 Å². The van der Waals surface area contributed by atoms with Crippen molar-refractivity contribution >= 4 is 5.82 Å². The van der Waals surface area contributed by atoms with Crippen LogP contribution in [0.3, 0.4) is 0 Å². The van der Waals surface area contributed by atoms with E-state index in [9.17, 15) is 0 Å². The van der Waals surface area contributed by atoms with E-state index in [1.165, 1.54) is 0 Å². The summed E-state index contributed by atoms with van der Waals surface area (Å²) >= 11 is 0. The second kappa shape index (κ2) is 5.80. The minimum absolute atomic E-state index is 0.621. The Labute approximate surface area is 113 Å². The summed E-state index contributed by atoms with van der Waals surface area (Å²) in [6.45, 7) is 4.64. The van der Waals surface area contributed by atoms with Gasteiger partial charge in [0.2, 0.25) is 0 Å². The maximum absolute atomic E-state index is 5.10. The standard InChI is InChI=1S/C15H19N3O/c1-10-11(2)17-15(18-14(10)16-3)13-7-5-12(6-8-13)9-19-4/h5-8H,9H2,1-4H3,(H,16,17,18). The van der Waals surface area contributed by atoms with E-state index in [4.69, 9.17) is 4.74 Å². The lowest BCUT2D eigenvalue weighted by atomic mass is 10.1. The van der Waals surface area contributed by atoms with Crippen LogP contribution in [-0.4, -0.2) is 24.1 Å². The second-order valence-corrected chi connectivity index (χ2v) is 4.49. The summed E-state index contributed by atoms with van der Waals surface area (Å²) in [6, 6.07) is 8.13. The van der Waals surface area contributed by atoms with Gasteiger partial charge in [0.05, 0.1) is 6.61 Å². The lowest BCUT2D eigenvalue weighted by Crippen LogP contribution is -2.02. The molecule has 0 unspecified atom stereocenters. The number of hydrogen-bond acceptors (Lipinski definition) is 4. The fraction of sp³-hybridized carbons (Fsp3) is 0.333. The van der Waals surface area contributed by atoms with Gasteiger partial charge in [0, 0.05) is 31.0 Å². The second-order valence-electron chi connectivity index (χ2n) is 4.49. The summed E-state index contributed by atoms with van der Waals surface area (Å²) in [7, 11) is 3.57. The van der Waals surface area contributed by atoms with Gasteiger partial charge in [0.15, 0.2) is 5.82 Å². The van der Waals surface area contributed by atoms with E-state index in [1.54, 1.807) is 7.11 Å². The molecule has 0 saturated carbocycles. The molecule has 0 aliphatic rings. The number of hydrogen-bond donors (Lipinski definition) is 1. The van der Waals surface area contributed by atoms with Crippen LogP contribution in [0.15, 0.2) is 24.3 Å². The molecule has 0 aliphatic heterocycles. The molecule has 1 N–H and O–H groups in total. The number of nitrogens with one attached hydrogen (secondary N) is 1. The first-order valence-electron chi connectivity index (χ1n) is 6.27. The normalized spacial score (nSPS) is 10.5. The lowest BCUT2D eigenvalue weighted by Gasteiger charge is -2.10. The fourth-order valence-corrected chi connectivity index (χ4v) is 1.92. The van der Waals surface area contributed by atoms with Crippen LogP contribution < -0.4 is 5.32 Å². The van der Waals surface area contributed by atoms with E-state index >= 15 is 0 Å². The van der Waals surface area contributed by atoms with Gasteiger partial charge in [-0.1, -0.05) is 24.3 Å². The number of ether oxygens (including phenoxy) is 1. The predicted octanol–water partition coefficient (Wildman–Crippen LogP) is 2.95. The highest BCUT2D eigenvalue weighted by molar-refractivity contribution is 5.59. The summed E-state index contributed by atoms with van der Waals surface area (Å²) in [6.07, 6.45) is 0. The molecule has 0 bridgehead atoms. The van der Waals surface area contributed by atoms with Gasteiger partial charge in [0.25, 0.3) is 0 Å². The van der Waals surface area contributed by atoms with Gasteiger partial charge in [-0.3, -0.25) is 0 Å². The predicted molar refractivity (Wildman–Crippen MR) is 77.2 cm³/mol. The third-order valence-corrected chi connectivity index (χ3v) is 3.15. The lowest BCUT2D eigenvalue weighted by molar-refractivity contribution is 0.185. The molecule has 0 amide bonds. The van der Waals surface area contributed by atoms with E-state index < -0.39 is 0 Å². The molecule has 0 atom stereocenters. The maximum atomic E-state index is 5.10. The van der Waals surface area contributed by atoms with Crippen molar-refractivity contribution in [2.24, 2.45) is 0 Å². The molecule has 0 spiro atoms. The highest BCUT2D eigenvalue weighted by Gasteiger charge is 2.08. The summed E-state index contributed by atoms with van der Waals surface area (Å²) in [5.74, 6) is 1.62. The summed E-state index contributed by atoms with van der Waals surface area (Å²) in [5.41, 5.74) is 4.24. The van der Waals surface area contributed by atoms with Crippen molar-refractivity contribution in [2.45, 2.75) is 20.5 Å². The number of anilines is 1. The van der Waals surface area contributed by atoms with Crippen molar-refractivity contribution in [3.8, 4) is 11.4 Å². The van der Waals surface area contributed by atoms with E-state index in [-0.39, 0.29) is 0 Å². The first-order chi connectivity index (χ1) is 9.15. The van der Waals surface area contributed by atoms with Gasteiger partial charge < -0.3 is 10.1 Å². The summed E-state index contributed by atoms with van der Waals surface area (Å²) < 4.78 is 5.10. The number of rotatable bonds is 4. The average molecular weight is 257 g/mol. The van der Waals surface area contributed by atoms with Gasteiger partial charge in [-0.05, 0) is 19.4 Å². The molecule has 0 radical (unpaired) electrons. The molecule has 4 nitrogen and oxygen atoms in total. The molecule has 0 aliphatic carbocycles. The highest BCUT2D eigenvalue weighted by atomic mass is 16.5. The minimum Gasteiger partial charge on any atom is -0.380 e. The van der Waals surface area contributed by atoms with Crippen molar-refractivity contribution in [3.63, 3.8) is 0 Å². The molecular weight excluding hydrogens is 238 g/mol. The molecule has 2 aromatic rings. The third-order valence-electron chi connectivity index (χ3n) is 3.15. The van der Waals surface area contributed by atoms with E-state index in [0.29, 0.717) is 6.61 Å². The van der Waals surface area contributed by atoms with Crippen molar-refractivity contribution in [1.82, 2.24) is 9.97 Å². The molecule has 1 heterocycles. The molecule has 0 saturated heterocycles. The number of nitrogens with zero attached hydrogens (tertiary/aromatic N) is 2. The monoisotopic (exact) mass is 257 g/mol. The zero-order valence-electron chi connectivity index (χ0n) is 11.8. The Morgan fingerprint density at radius 1 is 1.11 bits per heavy atom. The molecule has 4 heteroatoms. The number of methoxy groups -OCH3 is 1. The number of aryl methyl sites for hydroxylation is 1. The van der Waals surface area contributed by atoms with Gasteiger partial charge in [0.1, 0.15) is 5.82 Å². The Morgan fingerprint density at radius 3 is 2.37 bits per heavy atom. The topological polar surface area (TPSA) is 47.0 Å². The fourth-order valence-electron chi connectivity index (χ4n) is 1.92.